The van der Waals surface area contributed by atoms with Crippen LogP contribution in [0.3, 0.4) is 0 Å². The van der Waals surface area contributed by atoms with Crippen LogP contribution in [0, 0.1) is 5.92 Å². The lowest BCUT2D eigenvalue weighted by molar-refractivity contribution is -0.159. The Bertz CT molecular complexity index is 845. The van der Waals surface area contributed by atoms with E-state index < -0.39 is 36.5 Å². The Morgan fingerprint density at radius 2 is 1.70 bits per heavy atom. The molecule has 0 spiro atoms. The second-order valence-corrected chi connectivity index (χ2v) is 7.06. The number of carbonyl (C=O) groups excluding carboxylic acids is 1. The minimum Gasteiger partial charge on any atom is -0.335 e. The molecule has 0 saturated carbocycles. The van der Waals surface area contributed by atoms with E-state index in [1.165, 1.54) is 24.0 Å². The van der Waals surface area contributed by atoms with E-state index in [2.05, 4.69) is 14.7 Å². The molecular weight excluding hydrogens is 416 g/mol. The van der Waals surface area contributed by atoms with Gasteiger partial charge in [-0.25, -0.2) is 0 Å². The molecule has 1 aromatic carbocycles. The summed E-state index contributed by atoms with van der Waals surface area (Å²) in [5, 5.41) is 3.29. The quantitative estimate of drug-likeness (QED) is 0.539. The number of benzene rings is 1. The summed E-state index contributed by atoms with van der Waals surface area (Å²) < 4.78 is 79.9. The Labute approximate surface area is 169 Å². The first-order chi connectivity index (χ1) is 13.8. The van der Waals surface area contributed by atoms with E-state index in [-0.39, 0.29) is 24.0 Å². The average Bonchev–Trinajstić information content (AvgIpc) is 3.14. The van der Waals surface area contributed by atoms with Gasteiger partial charge in [0, 0.05) is 24.1 Å². The van der Waals surface area contributed by atoms with E-state index in [9.17, 15) is 31.1 Å². The van der Waals surface area contributed by atoms with Crippen LogP contribution < -0.4 is 0 Å². The first-order valence-corrected chi connectivity index (χ1v) is 9.19. The maximum absolute atomic E-state index is 12.7. The number of hydrogen-bond acceptors (Lipinski definition) is 4. The van der Waals surface area contributed by atoms with Crippen molar-refractivity contribution < 1.29 is 35.7 Å². The molecule has 0 saturated heterocycles. The topological polar surface area (TPSA) is 59.2 Å². The third-order valence-electron chi connectivity index (χ3n) is 4.60. The standard InChI is InChI=1S/C19H21F6N3O2/c1-4-12(3)28(16(29)11(2)9-18(20,21)22)10-13-5-7-14(8-6-13)15-26-17(30-27-15)19(23,24)25/h5-8,11-12H,4,9-10H2,1-3H3. The summed E-state index contributed by atoms with van der Waals surface area (Å²) in [5.41, 5.74) is 0.871. The molecule has 1 amide bonds. The van der Waals surface area contributed by atoms with Crippen molar-refractivity contribution in [2.24, 2.45) is 5.92 Å². The SMILES string of the molecule is CCC(C)N(Cc1ccc(-c2noc(C(F)(F)F)n2)cc1)C(=O)C(C)CC(F)(F)F. The van der Waals surface area contributed by atoms with E-state index in [0.29, 0.717) is 12.0 Å². The molecule has 2 atom stereocenters. The molecule has 1 aromatic heterocycles. The second kappa shape index (κ2) is 9.05. The number of aromatic nitrogens is 2. The molecule has 2 aromatic rings. The van der Waals surface area contributed by atoms with Gasteiger partial charge in [0.2, 0.25) is 11.7 Å². The second-order valence-electron chi connectivity index (χ2n) is 7.06. The number of hydrogen-bond donors (Lipinski definition) is 0. The van der Waals surface area contributed by atoms with Gasteiger partial charge in [0.1, 0.15) is 0 Å². The number of halogens is 6. The maximum Gasteiger partial charge on any atom is 0.471 e. The molecule has 0 aliphatic heterocycles. The molecule has 0 aliphatic carbocycles. The van der Waals surface area contributed by atoms with Crippen LogP contribution in [0.1, 0.15) is 45.1 Å². The van der Waals surface area contributed by atoms with Gasteiger partial charge in [-0.1, -0.05) is 43.3 Å². The summed E-state index contributed by atoms with van der Waals surface area (Å²) >= 11 is 0. The minimum atomic E-state index is -4.75. The van der Waals surface area contributed by atoms with E-state index in [1.807, 2.05) is 6.92 Å². The molecule has 30 heavy (non-hydrogen) atoms. The Morgan fingerprint density at radius 1 is 1.10 bits per heavy atom. The lowest BCUT2D eigenvalue weighted by atomic mass is 10.0. The molecule has 1 heterocycles. The molecule has 2 rings (SSSR count). The van der Waals surface area contributed by atoms with Crippen molar-refractivity contribution in [3.63, 3.8) is 0 Å². The number of carbonyl (C=O) groups is 1. The Morgan fingerprint density at radius 3 is 2.17 bits per heavy atom. The molecular formula is C19H21F6N3O2. The summed E-state index contributed by atoms with van der Waals surface area (Å²) in [4.78, 5) is 17.3. The van der Waals surface area contributed by atoms with Gasteiger partial charge in [-0.2, -0.15) is 31.3 Å². The average molecular weight is 437 g/mol. The monoisotopic (exact) mass is 437 g/mol. The summed E-state index contributed by atoms with van der Waals surface area (Å²) in [6, 6.07) is 5.73. The van der Waals surface area contributed by atoms with Gasteiger partial charge in [-0.15, -0.1) is 0 Å². The highest BCUT2D eigenvalue weighted by molar-refractivity contribution is 5.79. The van der Waals surface area contributed by atoms with E-state index in [0.717, 1.165) is 0 Å². The zero-order valence-corrected chi connectivity index (χ0v) is 16.5. The molecule has 2 unspecified atom stereocenters. The Kier molecular flexibility index (Phi) is 7.14. The smallest absolute Gasteiger partial charge is 0.335 e. The summed E-state index contributed by atoms with van der Waals surface area (Å²) in [6.45, 7) is 4.86. The van der Waals surface area contributed by atoms with Crippen molar-refractivity contribution in [3.05, 3.63) is 35.7 Å². The number of rotatable bonds is 7. The zero-order valence-electron chi connectivity index (χ0n) is 16.5. The third kappa shape index (κ3) is 6.20. The van der Waals surface area contributed by atoms with Gasteiger partial charge in [0.05, 0.1) is 6.42 Å². The Hall–Kier alpha value is -2.59. The highest BCUT2D eigenvalue weighted by Gasteiger charge is 2.38. The van der Waals surface area contributed by atoms with Gasteiger partial charge in [-0.3, -0.25) is 4.79 Å². The lowest BCUT2D eigenvalue weighted by Crippen LogP contribution is -2.41. The molecule has 0 bridgehead atoms. The van der Waals surface area contributed by atoms with Gasteiger partial charge in [0.25, 0.3) is 0 Å². The van der Waals surface area contributed by atoms with Gasteiger partial charge < -0.3 is 9.42 Å². The molecule has 166 valence electrons. The van der Waals surface area contributed by atoms with Crippen LogP contribution in [0.4, 0.5) is 26.3 Å². The molecule has 0 N–H and O–H groups in total. The third-order valence-corrected chi connectivity index (χ3v) is 4.60. The highest BCUT2D eigenvalue weighted by Crippen LogP contribution is 2.30. The first-order valence-electron chi connectivity index (χ1n) is 9.19. The fourth-order valence-corrected chi connectivity index (χ4v) is 2.80. The van der Waals surface area contributed by atoms with E-state index in [1.54, 1.807) is 19.1 Å². The largest absolute Gasteiger partial charge is 0.471 e. The van der Waals surface area contributed by atoms with Gasteiger partial charge >= 0.3 is 18.2 Å². The van der Waals surface area contributed by atoms with Crippen molar-refractivity contribution in [1.82, 2.24) is 15.0 Å². The summed E-state index contributed by atoms with van der Waals surface area (Å²) in [7, 11) is 0. The van der Waals surface area contributed by atoms with Gasteiger partial charge in [-0.05, 0) is 18.9 Å². The molecule has 0 radical (unpaired) electrons. The van der Waals surface area contributed by atoms with Crippen LogP contribution in [0.2, 0.25) is 0 Å². The summed E-state index contributed by atoms with van der Waals surface area (Å²) in [6.07, 6.45) is -9.87. The lowest BCUT2D eigenvalue weighted by Gasteiger charge is -2.31. The molecule has 5 nitrogen and oxygen atoms in total. The van der Waals surface area contributed by atoms with Crippen molar-refractivity contribution in [2.45, 2.75) is 58.6 Å². The Balaban J connectivity index is 2.17. The molecule has 0 aliphatic rings. The van der Waals surface area contributed by atoms with Crippen molar-refractivity contribution in [1.29, 1.82) is 0 Å². The van der Waals surface area contributed by atoms with Crippen molar-refractivity contribution in [2.75, 3.05) is 0 Å². The van der Waals surface area contributed by atoms with E-state index in [4.69, 9.17) is 0 Å². The molecule has 11 heteroatoms. The van der Waals surface area contributed by atoms with Crippen LogP contribution in [-0.4, -0.2) is 33.2 Å². The van der Waals surface area contributed by atoms with Crippen LogP contribution in [-0.2, 0) is 17.5 Å². The zero-order chi connectivity index (χ0) is 22.7. The fourth-order valence-electron chi connectivity index (χ4n) is 2.80. The maximum atomic E-state index is 12.7. The van der Waals surface area contributed by atoms with Crippen molar-refractivity contribution >= 4 is 5.91 Å². The molecule has 0 fully saturated rings. The van der Waals surface area contributed by atoms with Crippen LogP contribution in [0.5, 0.6) is 0 Å². The van der Waals surface area contributed by atoms with Gasteiger partial charge in [0.15, 0.2) is 0 Å². The number of nitrogens with zero attached hydrogens (tertiary/aromatic N) is 3. The van der Waals surface area contributed by atoms with Crippen molar-refractivity contribution in [3.8, 4) is 11.4 Å². The highest BCUT2D eigenvalue weighted by atomic mass is 19.4. The number of amides is 1. The normalized spacial score (nSPS) is 14.4. The number of alkyl halides is 6. The van der Waals surface area contributed by atoms with Crippen LogP contribution in [0.25, 0.3) is 11.4 Å². The predicted octanol–water partition coefficient (Wildman–Crippen LogP) is 5.47. The minimum absolute atomic E-state index is 0.0658. The van der Waals surface area contributed by atoms with Crippen LogP contribution >= 0.6 is 0 Å². The predicted molar refractivity (Wildman–Crippen MR) is 94.9 cm³/mol. The first kappa shape index (κ1) is 23.7. The summed E-state index contributed by atoms with van der Waals surface area (Å²) in [5.74, 6) is -3.55. The van der Waals surface area contributed by atoms with Crippen LogP contribution in [0.15, 0.2) is 28.8 Å². The van der Waals surface area contributed by atoms with E-state index >= 15 is 0 Å². The fraction of sp³-hybridized carbons (Fsp3) is 0.526.